The third-order valence-electron chi connectivity index (χ3n) is 3.60. The molecule has 0 aromatic rings. The Morgan fingerprint density at radius 1 is 1.53 bits per heavy atom. The first-order chi connectivity index (χ1) is 8.19. The lowest BCUT2D eigenvalue weighted by Gasteiger charge is -2.39. The number of rotatable bonds is 6. The average molecular weight is 259 g/mol. The van der Waals surface area contributed by atoms with Crippen LogP contribution in [0.2, 0.25) is 0 Å². The zero-order valence-corrected chi connectivity index (χ0v) is 12.3. The number of hydrogen-bond acceptors (Lipinski definition) is 2. The van der Waals surface area contributed by atoms with Gasteiger partial charge in [0.05, 0.1) is 0 Å². The fourth-order valence-corrected chi connectivity index (χ4v) is 2.71. The second-order valence-electron chi connectivity index (χ2n) is 5.23. The van der Waals surface area contributed by atoms with E-state index >= 15 is 0 Å². The van der Waals surface area contributed by atoms with E-state index in [1.165, 1.54) is 37.8 Å². The van der Waals surface area contributed by atoms with E-state index in [0.29, 0.717) is 12.1 Å². The molecule has 17 heavy (non-hydrogen) atoms. The lowest BCUT2D eigenvalue weighted by atomic mass is 9.96. The van der Waals surface area contributed by atoms with Gasteiger partial charge in [-0.3, -0.25) is 4.90 Å². The third-order valence-corrected chi connectivity index (χ3v) is 3.97. The standard InChI is InChI=1S/C14H27ClN2/c1-4-8-16-13(3)14-7-5-6-9-17(14)11-12(2)10-15/h10,13-14,16H,4-9,11H2,1-3H3. The van der Waals surface area contributed by atoms with Crippen LogP contribution in [0.3, 0.4) is 0 Å². The molecular weight excluding hydrogens is 232 g/mol. The topological polar surface area (TPSA) is 15.3 Å². The van der Waals surface area contributed by atoms with Gasteiger partial charge in [0.1, 0.15) is 0 Å². The van der Waals surface area contributed by atoms with Crippen molar-refractivity contribution in [3.63, 3.8) is 0 Å². The summed E-state index contributed by atoms with van der Waals surface area (Å²) in [6, 6.07) is 1.25. The molecule has 0 bridgehead atoms. The van der Waals surface area contributed by atoms with E-state index in [9.17, 15) is 0 Å². The maximum atomic E-state index is 5.78. The predicted molar refractivity (Wildman–Crippen MR) is 76.6 cm³/mol. The molecule has 2 unspecified atom stereocenters. The van der Waals surface area contributed by atoms with Gasteiger partial charge >= 0.3 is 0 Å². The molecule has 1 heterocycles. The normalized spacial score (nSPS) is 24.9. The summed E-state index contributed by atoms with van der Waals surface area (Å²) in [5.41, 5.74) is 2.98. The van der Waals surface area contributed by atoms with Gasteiger partial charge in [-0.1, -0.05) is 24.9 Å². The van der Waals surface area contributed by atoms with Crippen LogP contribution in [0.25, 0.3) is 0 Å². The highest BCUT2D eigenvalue weighted by atomic mass is 35.5. The van der Waals surface area contributed by atoms with Crippen molar-refractivity contribution in [2.24, 2.45) is 0 Å². The zero-order chi connectivity index (χ0) is 12.7. The third kappa shape index (κ3) is 4.99. The van der Waals surface area contributed by atoms with Crippen molar-refractivity contribution >= 4 is 11.6 Å². The molecule has 0 aromatic carbocycles. The van der Waals surface area contributed by atoms with Gasteiger partial charge in [-0.05, 0) is 51.8 Å². The first kappa shape index (κ1) is 15.0. The van der Waals surface area contributed by atoms with E-state index in [2.05, 4.69) is 31.0 Å². The van der Waals surface area contributed by atoms with Crippen molar-refractivity contribution in [2.45, 2.75) is 58.5 Å². The summed E-state index contributed by atoms with van der Waals surface area (Å²) in [4.78, 5) is 2.59. The molecule has 0 radical (unpaired) electrons. The van der Waals surface area contributed by atoms with Gasteiger partial charge in [0, 0.05) is 24.2 Å². The van der Waals surface area contributed by atoms with E-state index in [0.717, 1.165) is 13.1 Å². The number of piperidine rings is 1. The van der Waals surface area contributed by atoms with Crippen LogP contribution in [0.5, 0.6) is 0 Å². The lowest BCUT2D eigenvalue weighted by molar-refractivity contribution is 0.130. The van der Waals surface area contributed by atoms with Gasteiger partial charge in [-0.15, -0.1) is 0 Å². The smallest absolute Gasteiger partial charge is 0.0250 e. The molecule has 0 aliphatic carbocycles. The highest BCUT2D eigenvalue weighted by Crippen LogP contribution is 2.21. The molecule has 1 saturated heterocycles. The van der Waals surface area contributed by atoms with Crippen LogP contribution < -0.4 is 5.32 Å². The Morgan fingerprint density at radius 3 is 2.94 bits per heavy atom. The zero-order valence-electron chi connectivity index (χ0n) is 11.5. The molecule has 1 aliphatic heterocycles. The molecule has 1 N–H and O–H groups in total. The van der Waals surface area contributed by atoms with Crippen LogP contribution in [0.15, 0.2) is 11.1 Å². The molecule has 100 valence electrons. The molecular formula is C14H27ClN2. The summed E-state index contributed by atoms with van der Waals surface area (Å²) < 4.78 is 0. The Hall–Kier alpha value is -0.0500. The van der Waals surface area contributed by atoms with Crippen molar-refractivity contribution in [3.05, 3.63) is 11.1 Å². The summed E-state index contributed by atoms with van der Waals surface area (Å²) in [6.45, 7) is 10.0. The quantitative estimate of drug-likeness (QED) is 0.786. The maximum Gasteiger partial charge on any atom is 0.0250 e. The number of nitrogens with zero attached hydrogens (tertiary/aromatic N) is 1. The summed E-state index contributed by atoms with van der Waals surface area (Å²) in [5, 5.41) is 3.63. The molecule has 2 nitrogen and oxygen atoms in total. The largest absolute Gasteiger partial charge is 0.313 e. The van der Waals surface area contributed by atoms with Gasteiger partial charge in [0.2, 0.25) is 0 Å². The van der Waals surface area contributed by atoms with Crippen LogP contribution in [0.4, 0.5) is 0 Å². The Kier molecular flexibility index (Phi) is 7.17. The summed E-state index contributed by atoms with van der Waals surface area (Å²) in [6.07, 6.45) is 5.21. The minimum atomic E-state index is 0.582. The van der Waals surface area contributed by atoms with Crippen LogP contribution in [0, 0.1) is 0 Å². The number of halogens is 1. The fourth-order valence-electron chi connectivity index (χ4n) is 2.64. The summed E-state index contributed by atoms with van der Waals surface area (Å²) in [5.74, 6) is 0. The molecule has 3 heteroatoms. The van der Waals surface area contributed by atoms with Crippen molar-refractivity contribution in [1.29, 1.82) is 0 Å². The average Bonchev–Trinajstić information content (AvgIpc) is 2.36. The number of likely N-dealkylation sites (tertiary alicyclic amines) is 1. The highest BCUT2D eigenvalue weighted by Gasteiger charge is 2.26. The molecule has 0 saturated carbocycles. The van der Waals surface area contributed by atoms with Crippen molar-refractivity contribution < 1.29 is 0 Å². The SMILES string of the molecule is CCCNC(C)C1CCCCN1CC(C)=CCl. The van der Waals surface area contributed by atoms with Crippen LogP contribution >= 0.6 is 11.6 Å². The van der Waals surface area contributed by atoms with Crippen LogP contribution in [-0.4, -0.2) is 36.6 Å². The van der Waals surface area contributed by atoms with E-state index in [1.807, 2.05) is 0 Å². The number of hydrogen-bond donors (Lipinski definition) is 1. The maximum absolute atomic E-state index is 5.78. The van der Waals surface area contributed by atoms with E-state index in [4.69, 9.17) is 11.6 Å². The fraction of sp³-hybridized carbons (Fsp3) is 0.857. The van der Waals surface area contributed by atoms with Gasteiger partial charge < -0.3 is 5.32 Å². The van der Waals surface area contributed by atoms with Crippen molar-refractivity contribution in [2.75, 3.05) is 19.6 Å². The lowest BCUT2D eigenvalue weighted by Crippen LogP contribution is -2.51. The Morgan fingerprint density at radius 2 is 2.29 bits per heavy atom. The molecule has 1 aliphatic rings. The summed E-state index contributed by atoms with van der Waals surface area (Å²) >= 11 is 5.78. The van der Waals surface area contributed by atoms with E-state index in [-0.39, 0.29) is 0 Å². The first-order valence-corrected chi connectivity index (χ1v) is 7.36. The second kappa shape index (κ2) is 8.12. The van der Waals surface area contributed by atoms with Gasteiger partial charge in [-0.25, -0.2) is 0 Å². The monoisotopic (exact) mass is 258 g/mol. The first-order valence-electron chi connectivity index (χ1n) is 6.92. The van der Waals surface area contributed by atoms with E-state index in [1.54, 1.807) is 5.54 Å². The van der Waals surface area contributed by atoms with Crippen molar-refractivity contribution in [1.82, 2.24) is 10.2 Å². The molecule has 0 amide bonds. The predicted octanol–water partition coefficient (Wildman–Crippen LogP) is 3.37. The summed E-state index contributed by atoms with van der Waals surface area (Å²) in [7, 11) is 0. The van der Waals surface area contributed by atoms with Gasteiger partial charge in [0.15, 0.2) is 0 Å². The van der Waals surface area contributed by atoms with Crippen LogP contribution in [-0.2, 0) is 0 Å². The Labute approximate surface area is 111 Å². The molecule has 0 aromatic heterocycles. The molecule has 1 rings (SSSR count). The molecule has 2 atom stereocenters. The number of nitrogens with one attached hydrogen (secondary N) is 1. The minimum Gasteiger partial charge on any atom is -0.313 e. The Bertz CT molecular complexity index is 240. The van der Waals surface area contributed by atoms with E-state index < -0.39 is 0 Å². The molecule has 0 spiro atoms. The van der Waals surface area contributed by atoms with Crippen molar-refractivity contribution in [3.8, 4) is 0 Å². The minimum absolute atomic E-state index is 0.582. The van der Waals surface area contributed by atoms with Gasteiger partial charge in [-0.2, -0.15) is 0 Å². The van der Waals surface area contributed by atoms with Crippen LogP contribution in [0.1, 0.15) is 46.5 Å². The second-order valence-corrected chi connectivity index (χ2v) is 5.45. The Balaban J connectivity index is 2.52. The molecule has 1 fully saturated rings. The highest BCUT2D eigenvalue weighted by molar-refractivity contribution is 6.25. The van der Waals surface area contributed by atoms with Gasteiger partial charge in [0.25, 0.3) is 0 Å².